The van der Waals surface area contributed by atoms with Crippen molar-refractivity contribution in [3.8, 4) is 0 Å². The van der Waals surface area contributed by atoms with E-state index in [-0.39, 0.29) is 42.4 Å². The molecule has 0 aliphatic heterocycles. The van der Waals surface area contributed by atoms with E-state index in [1.165, 1.54) is 18.2 Å². The molecule has 2 rings (SSSR count). The topological polar surface area (TPSA) is 79.8 Å². The van der Waals surface area contributed by atoms with Crippen LogP contribution in [0.25, 0.3) is 0 Å². The van der Waals surface area contributed by atoms with E-state index < -0.39 is 15.7 Å². The van der Waals surface area contributed by atoms with Gasteiger partial charge in [-0.25, -0.2) is 12.8 Å². The van der Waals surface area contributed by atoms with Crippen LogP contribution < -0.4 is 10.6 Å². The number of rotatable bonds is 10. The fourth-order valence-electron chi connectivity index (χ4n) is 2.94. The fourth-order valence-corrected chi connectivity index (χ4v) is 3.79. The van der Waals surface area contributed by atoms with Crippen LogP contribution in [0.1, 0.15) is 36.1 Å². The Morgan fingerprint density at radius 3 is 2.48 bits per heavy atom. The molecule has 31 heavy (non-hydrogen) atoms. The molecular formula is C22H31FIN3O3S. The lowest BCUT2D eigenvalue weighted by Crippen LogP contribution is -2.37. The number of hydrogen-bond donors (Lipinski definition) is 2. The lowest BCUT2D eigenvalue weighted by atomic mass is 10.1. The molecule has 0 heterocycles. The first kappa shape index (κ1) is 27.3. The van der Waals surface area contributed by atoms with Crippen molar-refractivity contribution < 1.29 is 17.5 Å². The van der Waals surface area contributed by atoms with Gasteiger partial charge in [0.05, 0.1) is 11.9 Å². The van der Waals surface area contributed by atoms with Gasteiger partial charge >= 0.3 is 0 Å². The normalized spacial score (nSPS) is 12.7. The van der Waals surface area contributed by atoms with Crippen LogP contribution >= 0.6 is 24.0 Å². The highest BCUT2D eigenvalue weighted by Gasteiger charge is 2.11. The van der Waals surface area contributed by atoms with E-state index in [0.717, 1.165) is 18.2 Å². The Balaban J connectivity index is 0.00000480. The van der Waals surface area contributed by atoms with E-state index in [1.54, 1.807) is 7.05 Å². The number of nitrogens with zero attached hydrogens (tertiary/aromatic N) is 1. The molecule has 0 aliphatic carbocycles. The van der Waals surface area contributed by atoms with Gasteiger partial charge in [0, 0.05) is 33.0 Å². The molecule has 2 aromatic carbocycles. The number of nitrogens with one attached hydrogen (secondary N) is 2. The van der Waals surface area contributed by atoms with E-state index in [0.29, 0.717) is 30.2 Å². The van der Waals surface area contributed by atoms with Crippen molar-refractivity contribution in [2.24, 2.45) is 4.99 Å². The quantitative estimate of drug-likeness (QED) is 0.199. The minimum Gasteiger partial charge on any atom is -0.374 e. The third kappa shape index (κ3) is 10.4. The van der Waals surface area contributed by atoms with Crippen molar-refractivity contribution >= 4 is 39.8 Å². The first-order valence-electron chi connectivity index (χ1n) is 9.84. The monoisotopic (exact) mass is 563 g/mol. The van der Waals surface area contributed by atoms with Gasteiger partial charge in [0.2, 0.25) is 0 Å². The maximum absolute atomic E-state index is 13.6. The number of hydrogen-bond acceptors (Lipinski definition) is 4. The van der Waals surface area contributed by atoms with Crippen LogP contribution in [-0.2, 0) is 26.9 Å². The van der Waals surface area contributed by atoms with Crippen molar-refractivity contribution in [3.05, 3.63) is 71.0 Å². The molecule has 0 saturated heterocycles. The second-order valence-electron chi connectivity index (χ2n) is 7.11. The van der Waals surface area contributed by atoms with Gasteiger partial charge in [0.15, 0.2) is 15.8 Å². The lowest BCUT2D eigenvalue weighted by molar-refractivity contribution is 0.0646. The minimum atomic E-state index is -3.21. The first-order valence-corrected chi connectivity index (χ1v) is 11.9. The highest BCUT2D eigenvalue weighted by molar-refractivity contribution is 14.0. The zero-order valence-corrected chi connectivity index (χ0v) is 21.2. The summed E-state index contributed by atoms with van der Waals surface area (Å²) in [6.45, 7) is 3.54. The SMILES string of the molecule is CN=C(NCCCOC(C)c1ccccc1)NCc1cc(F)ccc1CS(C)(=O)=O.I. The Morgan fingerprint density at radius 1 is 1.13 bits per heavy atom. The second-order valence-corrected chi connectivity index (χ2v) is 9.25. The molecule has 0 spiro atoms. The van der Waals surface area contributed by atoms with Crippen LogP contribution in [0.3, 0.4) is 0 Å². The summed E-state index contributed by atoms with van der Waals surface area (Å²) >= 11 is 0. The van der Waals surface area contributed by atoms with Crippen molar-refractivity contribution in [2.45, 2.75) is 31.7 Å². The Bertz CT molecular complexity index is 940. The summed E-state index contributed by atoms with van der Waals surface area (Å²) in [6.07, 6.45) is 1.98. The predicted octanol–water partition coefficient (Wildman–Crippen LogP) is 3.82. The van der Waals surface area contributed by atoms with Gasteiger partial charge < -0.3 is 15.4 Å². The van der Waals surface area contributed by atoms with E-state index in [9.17, 15) is 12.8 Å². The summed E-state index contributed by atoms with van der Waals surface area (Å²) in [6, 6.07) is 14.2. The Kier molecular flexibility index (Phi) is 12.0. The van der Waals surface area contributed by atoms with Crippen LogP contribution in [0.15, 0.2) is 53.5 Å². The largest absolute Gasteiger partial charge is 0.374 e. The maximum atomic E-state index is 13.6. The molecule has 0 aliphatic rings. The average Bonchev–Trinajstić information content (AvgIpc) is 2.71. The van der Waals surface area contributed by atoms with Crippen molar-refractivity contribution in [3.63, 3.8) is 0 Å². The summed E-state index contributed by atoms with van der Waals surface area (Å²) in [5.74, 6) is 0.0186. The molecular weight excluding hydrogens is 532 g/mol. The van der Waals surface area contributed by atoms with Gasteiger partial charge in [-0.3, -0.25) is 4.99 Å². The van der Waals surface area contributed by atoms with Gasteiger partial charge in [-0.1, -0.05) is 36.4 Å². The van der Waals surface area contributed by atoms with Gasteiger partial charge in [0.1, 0.15) is 5.82 Å². The summed E-state index contributed by atoms with van der Waals surface area (Å²) in [5.41, 5.74) is 2.30. The molecule has 0 fully saturated rings. The Morgan fingerprint density at radius 2 is 1.84 bits per heavy atom. The number of benzene rings is 2. The molecule has 0 saturated carbocycles. The summed E-state index contributed by atoms with van der Waals surface area (Å²) in [4.78, 5) is 4.15. The van der Waals surface area contributed by atoms with E-state index in [2.05, 4.69) is 15.6 Å². The van der Waals surface area contributed by atoms with Crippen molar-refractivity contribution in [1.29, 1.82) is 0 Å². The molecule has 0 radical (unpaired) electrons. The van der Waals surface area contributed by atoms with Gasteiger partial charge in [-0.2, -0.15) is 0 Å². The highest BCUT2D eigenvalue weighted by atomic mass is 127. The van der Waals surface area contributed by atoms with Crippen molar-refractivity contribution in [2.75, 3.05) is 26.5 Å². The van der Waals surface area contributed by atoms with E-state index >= 15 is 0 Å². The van der Waals surface area contributed by atoms with Crippen LogP contribution in [0, 0.1) is 5.82 Å². The van der Waals surface area contributed by atoms with Crippen LogP contribution in [0.4, 0.5) is 4.39 Å². The summed E-state index contributed by atoms with van der Waals surface area (Å²) in [5, 5.41) is 6.28. The predicted molar refractivity (Wildman–Crippen MR) is 134 cm³/mol. The Hall–Kier alpha value is -1.72. The molecule has 0 amide bonds. The smallest absolute Gasteiger partial charge is 0.191 e. The number of halogens is 2. The zero-order chi connectivity index (χ0) is 22.0. The number of sulfone groups is 1. The maximum Gasteiger partial charge on any atom is 0.191 e. The van der Waals surface area contributed by atoms with Crippen LogP contribution in [0.2, 0.25) is 0 Å². The number of guanidine groups is 1. The zero-order valence-electron chi connectivity index (χ0n) is 18.1. The molecule has 0 bridgehead atoms. The number of aliphatic imine (C=N–C) groups is 1. The van der Waals surface area contributed by atoms with Crippen LogP contribution in [0.5, 0.6) is 0 Å². The number of ether oxygens (including phenoxy) is 1. The molecule has 0 aromatic heterocycles. The molecule has 9 heteroatoms. The minimum absolute atomic E-state index is 0. The molecule has 1 atom stereocenters. The third-order valence-corrected chi connectivity index (χ3v) is 5.34. The fraction of sp³-hybridized carbons (Fsp3) is 0.409. The van der Waals surface area contributed by atoms with Gasteiger partial charge in [-0.05, 0) is 42.2 Å². The molecule has 1 unspecified atom stereocenters. The Labute approximate surface area is 201 Å². The molecule has 172 valence electrons. The standard InChI is InChI=1S/C22H30FN3O3S.HI/c1-17(18-8-5-4-6-9-18)29-13-7-12-25-22(24-2)26-15-20-14-21(23)11-10-19(20)16-30(3,27)28;/h4-6,8-11,14,17H,7,12-13,15-16H2,1-3H3,(H2,24,25,26);1H. The van der Waals surface area contributed by atoms with Crippen molar-refractivity contribution in [1.82, 2.24) is 10.6 Å². The molecule has 2 aromatic rings. The second kappa shape index (κ2) is 13.6. The lowest BCUT2D eigenvalue weighted by Gasteiger charge is -2.16. The van der Waals surface area contributed by atoms with Crippen LogP contribution in [-0.4, -0.2) is 40.8 Å². The van der Waals surface area contributed by atoms with Gasteiger partial charge in [-0.15, -0.1) is 24.0 Å². The first-order chi connectivity index (χ1) is 14.3. The van der Waals surface area contributed by atoms with E-state index in [4.69, 9.17) is 4.74 Å². The molecule has 2 N–H and O–H groups in total. The third-order valence-electron chi connectivity index (χ3n) is 4.51. The summed E-state index contributed by atoms with van der Waals surface area (Å²) in [7, 11) is -1.57. The summed E-state index contributed by atoms with van der Waals surface area (Å²) < 4.78 is 42.7. The molecule has 6 nitrogen and oxygen atoms in total. The van der Waals surface area contributed by atoms with Gasteiger partial charge in [0.25, 0.3) is 0 Å². The van der Waals surface area contributed by atoms with E-state index in [1.807, 2.05) is 37.3 Å². The average molecular weight is 563 g/mol. The highest BCUT2D eigenvalue weighted by Crippen LogP contribution is 2.16.